The van der Waals surface area contributed by atoms with Gasteiger partial charge in [0.15, 0.2) is 0 Å². The second-order valence-electron chi connectivity index (χ2n) is 4.96. The zero-order valence-electron chi connectivity index (χ0n) is 12.9. The van der Waals surface area contributed by atoms with Crippen molar-refractivity contribution in [2.45, 2.75) is 17.8 Å². The van der Waals surface area contributed by atoms with Crippen molar-refractivity contribution in [3.63, 3.8) is 0 Å². The highest BCUT2D eigenvalue weighted by Gasteiger charge is 2.32. The fraction of sp³-hybridized carbons (Fsp3) is 0.214. The summed E-state index contributed by atoms with van der Waals surface area (Å²) in [6.45, 7) is -0.974. The number of carbonyl (C=O) groups excluding carboxylic acids is 1. The second-order valence-corrected chi connectivity index (χ2v) is 6.90. The Morgan fingerprint density at radius 1 is 1.23 bits per heavy atom. The lowest BCUT2D eigenvalue weighted by Gasteiger charge is -2.20. The number of ether oxygens (including phenoxy) is 1. The number of nitrogens with one attached hydrogen (secondary N) is 1. The van der Waals surface area contributed by atoms with E-state index in [0.29, 0.717) is 5.56 Å². The number of sulfonamides is 1. The molecule has 0 aliphatic rings. The fourth-order valence-corrected chi connectivity index (χ4v) is 3.35. The number of hydroxylamine groups is 1. The highest BCUT2D eigenvalue weighted by molar-refractivity contribution is 7.89. The van der Waals surface area contributed by atoms with E-state index in [-0.39, 0.29) is 11.4 Å². The van der Waals surface area contributed by atoms with Crippen LogP contribution in [0, 0.1) is 0 Å². The minimum absolute atomic E-state index is 0.257. The molecular weight excluding hydrogens is 381 g/mol. The maximum atomic E-state index is 12.7. The van der Waals surface area contributed by atoms with E-state index in [9.17, 15) is 26.4 Å². The molecule has 1 amide bonds. The van der Waals surface area contributed by atoms with Crippen molar-refractivity contribution in [2.24, 2.45) is 0 Å². The summed E-state index contributed by atoms with van der Waals surface area (Å²) in [4.78, 5) is 11.0. The van der Waals surface area contributed by atoms with Gasteiger partial charge in [0, 0.05) is 12.1 Å². The van der Waals surface area contributed by atoms with Crippen LogP contribution in [0.3, 0.4) is 0 Å². The number of carbonyl (C=O) groups is 1. The first-order valence-electron chi connectivity index (χ1n) is 6.92. The van der Waals surface area contributed by atoms with Gasteiger partial charge in [-0.05, 0) is 30.3 Å². The molecule has 142 valence electrons. The summed E-state index contributed by atoms with van der Waals surface area (Å²) < 4.78 is 71.1. The molecule has 0 atom stereocenters. The number of alkyl halides is 3. The quantitative estimate of drug-likeness (QED) is 0.548. The number of benzene rings is 1. The van der Waals surface area contributed by atoms with Gasteiger partial charge in [0.05, 0.1) is 24.0 Å². The van der Waals surface area contributed by atoms with Gasteiger partial charge in [-0.3, -0.25) is 10.0 Å². The van der Waals surface area contributed by atoms with E-state index in [1.54, 1.807) is 0 Å². The third-order valence-electron chi connectivity index (χ3n) is 3.08. The van der Waals surface area contributed by atoms with E-state index in [1.807, 2.05) is 0 Å². The Kier molecular flexibility index (Phi) is 5.90. The number of hydrogen-bond donors (Lipinski definition) is 2. The van der Waals surface area contributed by atoms with Crippen LogP contribution in [0.4, 0.5) is 13.2 Å². The van der Waals surface area contributed by atoms with Crippen molar-refractivity contribution >= 4 is 15.9 Å². The number of rotatable bonds is 7. The summed E-state index contributed by atoms with van der Waals surface area (Å²) in [5.41, 5.74) is 1.75. The van der Waals surface area contributed by atoms with E-state index >= 15 is 0 Å². The molecule has 1 heterocycles. The van der Waals surface area contributed by atoms with Crippen LogP contribution in [0.15, 0.2) is 52.2 Å². The molecule has 0 radical (unpaired) electrons. The lowest BCUT2D eigenvalue weighted by Crippen LogP contribution is -2.39. The predicted molar refractivity (Wildman–Crippen MR) is 79.4 cm³/mol. The number of hydrogen-bond acceptors (Lipinski definition) is 6. The maximum Gasteiger partial charge on any atom is 0.573 e. The molecule has 0 unspecified atom stereocenters. The number of halogens is 3. The van der Waals surface area contributed by atoms with Crippen LogP contribution in [-0.4, -0.2) is 36.7 Å². The van der Waals surface area contributed by atoms with Gasteiger partial charge in [-0.2, -0.15) is 4.31 Å². The summed E-state index contributed by atoms with van der Waals surface area (Å²) >= 11 is 0. The van der Waals surface area contributed by atoms with Crippen LogP contribution < -0.4 is 10.2 Å². The van der Waals surface area contributed by atoms with E-state index in [2.05, 4.69) is 4.74 Å². The third kappa shape index (κ3) is 5.21. The molecule has 26 heavy (non-hydrogen) atoms. The van der Waals surface area contributed by atoms with E-state index < -0.39 is 34.6 Å². The van der Waals surface area contributed by atoms with Crippen LogP contribution >= 0.6 is 0 Å². The maximum absolute atomic E-state index is 12.7. The summed E-state index contributed by atoms with van der Waals surface area (Å²) in [5.74, 6) is -1.58. The van der Waals surface area contributed by atoms with Crippen molar-refractivity contribution in [2.75, 3.05) is 6.54 Å². The zero-order valence-corrected chi connectivity index (χ0v) is 13.7. The van der Waals surface area contributed by atoms with Gasteiger partial charge >= 0.3 is 6.36 Å². The molecule has 0 bridgehead atoms. The van der Waals surface area contributed by atoms with Crippen LogP contribution in [0.25, 0.3) is 0 Å². The molecule has 0 fully saturated rings. The number of amides is 1. The first kappa shape index (κ1) is 19.8. The molecule has 2 N–H and O–H groups in total. The standard InChI is InChI=1S/C14H13F3N2O6S/c15-14(16,17)25-11-1-3-12(4-2-11)26(22,23)19(8-13(20)18-21)7-10-5-6-24-9-10/h1-6,9,21H,7-8H2,(H,18,20). The number of nitrogens with zero attached hydrogens (tertiary/aromatic N) is 1. The molecular formula is C14H13F3N2O6S. The van der Waals surface area contributed by atoms with E-state index in [4.69, 9.17) is 9.62 Å². The van der Waals surface area contributed by atoms with Crippen LogP contribution in [0.5, 0.6) is 5.75 Å². The van der Waals surface area contributed by atoms with Crippen molar-refractivity contribution in [3.8, 4) is 5.75 Å². The summed E-state index contributed by atoms with van der Waals surface area (Å²) in [5, 5.41) is 8.63. The first-order chi connectivity index (χ1) is 12.1. The summed E-state index contributed by atoms with van der Waals surface area (Å²) in [6.07, 6.45) is -2.35. The fourth-order valence-electron chi connectivity index (χ4n) is 1.97. The van der Waals surface area contributed by atoms with Gasteiger partial charge in [0.2, 0.25) is 10.0 Å². The Hall–Kier alpha value is -2.57. The lowest BCUT2D eigenvalue weighted by atomic mass is 10.3. The van der Waals surface area contributed by atoms with Gasteiger partial charge in [-0.25, -0.2) is 13.9 Å². The Morgan fingerprint density at radius 2 is 1.88 bits per heavy atom. The average molecular weight is 394 g/mol. The highest BCUT2D eigenvalue weighted by Crippen LogP contribution is 2.25. The second kappa shape index (κ2) is 7.76. The van der Waals surface area contributed by atoms with Gasteiger partial charge in [0.1, 0.15) is 5.75 Å². The molecule has 1 aromatic heterocycles. The van der Waals surface area contributed by atoms with Gasteiger partial charge in [0.25, 0.3) is 5.91 Å². The highest BCUT2D eigenvalue weighted by atomic mass is 32.2. The van der Waals surface area contributed by atoms with Crippen molar-refractivity contribution < 1.29 is 40.7 Å². The largest absolute Gasteiger partial charge is 0.573 e. The monoisotopic (exact) mass is 394 g/mol. The zero-order chi connectivity index (χ0) is 19.4. The van der Waals surface area contributed by atoms with Gasteiger partial charge < -0.3 is 9.15 Å². The van der Waals surface area contributed by atoms with E-state index in [0.717, 1.165) is 28.6 Å². The minimum atomic E-state index is -4.91. The van der Waals surface area contributed by atoms with Gasteiger partial charge in [-0.1, -0.05) is 0 Å². The topological polar surface area (TPSA) is 109 Å². The predicted octanol–water partition coefficient (Wildman–Crippen LogP) is 1.87. The molecule has 2 aromatic rings. The molecule has 0 saturated heterocycles. The average Bonchev–Trinajstić information content (AvgIpc) is 3.06. The molecule has 0 spiro atoms. The van der Waals surface area contributed by atoms with Crippen molar-refractivity contribution in [3.05, 3.63) is 48.4 Å². The number of furan rings is 1. The molecule has 1 aromatic carbocycles. The Bertz CT molecular complexity index is 835. The molecule has 0 aliphatic carbocycles. The minimum Gasteiger partial charge on any atom is -0.472 e. The van der Waals surface area contributed by atoms with Crippen LogP contribution in [-0.2, 0) is 21.4 Å². The first-order valence-corrected chi connectivity index (χ1v) is 8.36. The Morgan fingerprint density at radius 3 is 2.38 bits per heavy atom. The Labute approximate surface area is 145 Å². The van der Waals surface area contributed by atoms with E-state index in [1.165, 1.54) is 24.1 Å². The van der Waals surface area contributed by atoms with Gasteiger partial charge in [-0.15, -0.1) is 13.2 Å². The lowest BCUT2D eigenvalue weighted by molar-refractivity contribution is -0.274. The smallest absolute Gasteiger partial charge is 0.472 e. The van der Waals surface area contributed by atoms with Crippen LogP contribution in [0.2, 0.25) is 0 Å². The summed E-state index contributed by atoms with van der Waals surface area (Å²) in [7, 11) is -4.26. The third-order valence-corrected chi connectivity index (χ3v) is 4.88. The van der Waals surface area contributed by atoms with Crippen molar-refractivity contribution in [1.82, 2.24) is 9.79 Å². The normalized spacial score (nSPS) is 12.2. The molecule has 0 saturated carbocycles. The van der Waals surface area contributed by atoms with Crippen molar-refractivity contribution in [1.29, 1.82) is 0 Å². The Balaban J connectivity index is 2.28. The molecule has 2 rings (SSSR count). The van der Waals surface area contributed by atoms with Crippen LogP contribution in [0.1, 0.15) is 5.56 Å². The molecule has 8 nitrogen and oxygen atoms in total. The summed E-state index contributed by atoms with van der Waals surface area (Å²) in [6, 6.07) is 4.97. The molecule has 12 heteroatoms. The molecule has 0 aliphatic heterocycles. The SMILES string of the molecule is O=C(CN(Cc1ccoc1)S(=O)(=O)c1ccc(OC(F)(F)F)cc1)NO.